The van der Waals surface area contributed by atoms with Gasteiger partial charge in [-0.15, -0.1) is 24.0 Å². The van der Waals surface area contributed by atoms with E-state index in [9.17, 15) is 0 Å². The Morgan fingerprint density at radius 2 is 2.09 bits per heavy atom. The largest absolute Gasteiger partial charge is 0.374 e. The van der Waals surface area contributed by atoms with E-state index in [0.717, 1.165) is 38.6 Å². The molecule has 2 rings (SSSR count). The number of aryl methyl sites for hydroxylation is 1. The standard InChI is InChI=1S/C17H28N4.HI/c1-4-10-19-17(18-5-2)20-13-14-8-9-16-15(12-14)7-6-11-21(16)3;/h8-9,12H,4-7,10-11,13H2,1-3H3,(H2,18,19,20);1H. The van der Waals surface area contributed by atoms with Crippen molar-refractivity contribution in [2.45, 2.75) is 39.7 Å². The molecule has 0 amide bonds. The molecule has 0 radical (unpaired) electrons. The lowest BCUT2D eigenvalue weighted by Crippen LogP contribution is -2.37. The van der Waals surface area contributed by atoms with Crippen LogP contribution in [0.25, 0.3) is 0 Å². The van der Waals surface area contributed by atoms with Gasteiger partial charge in [0, 0.05) is 32.4 Å². The van der Waals surface area contributed by atoms with Gasteiger partial charge in [-0.25, -0.2) is 4.99 Å². The van der Waals surface area contributed by atoms with E-state index in [4.69, 9.17) is 0 Å². The van der Waals surface area contributed by atoms with Gasteiger partial charge >= 0.3 is 0 Å². The minimum Gasteiger partial charge on any atom is -0.374 e. The Kier molecular flexibility index (Phi) is 8.60. The third kappa shape index (κ3) is 5.34. The summed E-state index contributed by atoms with van der Waals surface area (Å²) >= 11 is 0. The number of nitrogens with zero attached hydrogens (tertiary/aromatic N) is 2. The maximum atomic E-state index is 4.67. The van der Waals surface area contributed by atoms with E-state index < -0.39 is 0 Å². The Morgan fingerprint density at radius 3 is 2.82 bits per heavy atom. The first-order valence-corrected chi connectivity index (χ1v) is 8.09. The van der Waals surface area contributed by atoms with E-state index in [0.29, 0.717) is 0 Å². The second kappa shape index (κ2) is 9.92. The highest BCUT2D eigenvalue weighted by molar-refractivity contribution is 14.0. The highest BCUT2D eigenvalue weighted by atomic mass is 127. The normalized spacial score (nSPS) is 14.1. The smallest absolute Gasteiger partial charge is 0.191 e. The van der Waals surface area contributed by atoms with Crippen molar-refractivity contribution in [2.75, 3.05) is 31.6 Å². The maximum absolute atomic E-state index is 4.67. The zero-order valence-corrected chi connectivity index (χ0v) is 16.3. The Morgan fingerprint density at radius 1 is 1.27 bits per heavy atom. The first-order chi connectivity index (χ1) is 10.2. The highest BCUT2D eigenvalue weighted by Crippen LogP contribution is 2.26. The first kappa shape index (κ1) is 19.1. The zero-order valence-electron chi connectivity index (χ0n) is 14.0. The third-order valence-electron chi connectivity index (χ3n) is 3.80. The molecule has 0 saturated heterocycles. The van der Waals surface area contributed by atoms with Gasteiger partial charge in [0.1, 0.15) is 0 Å². The molecule has 1 heterocycles. The molecule has 0 aromatic heterocycles. The highest BCUT2D eigenvalue weighted by Gasteiger charge is 2.13. The van der Waals surface area contributed by atoms with Crippen LogP contribution in [0.2, 0.25) is 0 Å². The Labute approximate surface area is 151 Å². The van der Waals surface area contributed by atoms with E-state index in [-0.39, 0.29) is 24.0 Å². The van der Waals surface area contributed by atoms with E-state index >= 15 is 0 Å². The van der Waals surface area contributed by atoms with Gasteiger partial charge in [0.2, 0.25) is 0 Å². The number of rotatable bonds is 5. The van der Waals surface area contributed by atoms with Gasteiger partial charge in [-0.2, -0.15) is 0 Å². The zero-order chi connectivity index (χ0) is 15.1. The Balaban J connectivity index is 0.00000242. The molecule has 0 fully saturated rings. The van der Waals surface area contributed by atoms with Gasteiger partial charge in [-0.3, -0.25) is 0 Å². The number of halogens is 1. The van der Waals surface area contributed by atoms with Crippen molar-refractivity contribution in [1.29, 1.82) is 0 Å². The monoisotopic (exact) mass is 416 g/mol. The molecule has 0 spiro atoms. The number of aliphatic imine (C=N–C) groups is 1. The molecule has 1 aliphatic heterocycles. The van der Waals surface area contributed by atoms with Crippen LogP contribution in [0.5, 0.6) is 0 Å². The summed E-state index contributed by atoms with van der Waals surface area (Å²) in [5.74, 6) is 0.911. The molecule has 1 aromatic carbocycles. The quantitative estimate of drug-likeness (QED) is 0.440. The van der Waals surface area contributed by atoms with Crippen molar-refractivity contribution in [1.82, 2.24) is 10.6 Å². The average Bonchev–Trinajstić information content (AvgIpc) is 2.50. The minimum absolute atomic E-state index is 0. The summed E-state index contributed by atoms with van der Waals surface area (Å²) < 4.78 is 0. The molecular weight excluding hydrogens is 387 g/mol. The maximum Gasteiger partial charge on any atom is 0.191 e. The molecule has 0 aliphatic carbocycles. The first-order valence-electron chi connectivity index (χ1n) is 8.09. The van der Waals surface area contributed by atoms with Gasteiger partial charge in [-0.1, -0.05) is 19.1 Å². The fourth-order valence-electron chi connectivity index (χ4n) is 2.69. The van der Waals surface area contributed by atoms with Gasteiger partial charge in [0.15, 0.2) is 5.96 Å². The van der Waals surface area contributed by atoms with Crippen LogP contribution in [0.1, 0.15) is 37.8 Å². The van der Waals surface area contributed by atoms with Gasteiger partial charge < -0.3 is 15.5 Å². The van der Waals surface area contributed by atoms with Gasteiger partial charge in [0.05, 0.1) is 6.54 Å². The van der Waals surface area contributed by atoms with Gasteiger partial charge in [-0.05, 0) is 43.4 Å². The summed E-state index contributed by atoms with van der Waals surface area (Å²) in [5.41, 5.74) is 4.13. The van der Waals surface area contributed by atoms with E-state index in [2.05, 4.69) is 59.6 Å². The third-order valence-corrected chi connectivity index (χ3v) is 3.80. The molecule has 4 nitrogen and oxygen atoms in total. The topological polar surface area (TPSA) is 39.7 Å². The molecular formula is C17H29IN4. The fourth-order valence-corrected chi connectivity index (χ4v) is 2.69. The number of benzene rings is 1. The summed E-state index contributed by atoms with van der Waals surface area (Å²) in [7, 11) is 2.17. The van der Waals surface area contributed by atoms with E-state index in [1.54, 1.807) is 0 Å². The van der Waals surface area contributed by atoms with Crippen LogP contribution in [-0.4, -0.2) is 32.6 Å². The van der Waals surface area contributed by atoms with Crippen LogP contribution in [-0.2, 0) is 13.0 Å². The Bertz CT molecular complexity index is 488. The van der Waals surface area contributed by atoms with Crippen LogP contribution in [0.4, 0.5) is 5.69 Å². The molecule has 0 bridgehead atoms. The van der Waals surface area contributed by atoms with Crippen molar-refractivity contribution < 1.29 is 0 Å². The van der Waals surface area contributed by atoms with Crippen LogP contribution in [0.3, 0.4) is 0 Å². The fraction of sp³-hybridized carbons (Fsp3) is 0.588. The lowest BCUT2D eigenvalue weighted by atomic mass is 10.00. The molecule has 1 aromatic rings. The summed E-state index contributed by atoms with van der Waals surface area (Å²) in [6.07, 6.45) is 3.54. The summed E-state index contributed by atoms with van der Waals surface area (Å²) in [6.45, 7) is 8.01. The molecule has 1 aliphatic rings. The van der Waals surface area contributed by atoms with Crippen molar-refractivity contribution in [3.8, 4) is 0 Å². The second-order valence-corrected chi connectivity index (χ2v) is 5.61. The molecule has 2 N–H and O–H groups in total. The number of guanidine groups is 1. The molecule has 5 heteroatoms. The SMILES string of the molecule is CCCNC(=NCc1ccc2c(c1)CCCN2C)NCC.I. The molecule has 0 atom stereocenters. The molecule has 0 saturated carbocycles. The molecule has 124 valence electrons. The molecule has 22 heavy (non-hydrogen) atoms. The van der Waals surface area contributed by atoms with Crippen molar-refractivity contribution in [3.05, 3.63) is 29.3 Å². The number of nitrogens with one attached hydrogen (secondary N) is 2. The minimum atomic E-state index is 0. The molecule has 0 unspecified atom stereocenters. The van der Waals surface area contributed by atoms with Crippen LogP contribution in [0.15, 0.2) is 23.2 Å². The second-order valence-electron chi connectivity index (χ2n) is 5.61. The summed E-state index contributed by atoms with van der Waals surface area (Å²) in [6, 6.07) is 6.76. The summed E-state index contributed by atoms with van der Waals surface area (Å²) in [4.78, 5) is 7.02. The van der Waals surface area contributed by atoms with Gasteiger partial charge in [0.25, 0.3) is 0 Å². The van der Waals surface area contributed by atoms with Crippen molar-refractivity contribution in [2.24, 2.45) is 4.99 Å². The van der Waals surface area contributed by atoms with Crippen LogP contribution < -0.4 is 15.5 Å². The van der Waals surface area contributed by atoms with Crippen LogP contribution >= 0.6 is 24.0 Å². The predicted octanol–water partition coefficient (Wildman–Crippen LogP) is 3.15. The summed E-state index contributed by atoms with van der Waals surface area (Å²) in [5, 5.41) is 6.63. The number of anilines is 1. The lowest BCUT2D eigenvalue weighted by Gasteiger charge is -2.27. The number of fused-ring (bicyclic) bond motifs is 1. The predicted molar refractivity (Wildman–Crippen MR) is 107 cm³/mol. The van der Waals surface area contributed by atoms with E-state index in [1.807, 2.05) is 0 Å². The Hall–Kier alpha value is -0.980. The van der Waals surface area contributed by atoms with Crippen molar-refractivity contribution >= 4 is 35.6 Å². The van der Waals surface area contributed by atoms with Crippen LogP contribution in [0, 0.1) is 0 Å². The number of hydrogen-bond donors (Lipinski definition) is 2. The number of hydrogen-bond acceptors (Lipinski definition) is 2. The van der Waals surface area contributed by atoms with E-state index in [1.165, 1.54) is 29.7 Å². The average molecular weight is 416 g/mol. The lowest BCUT2D eigenvalue weighted by molar-refractivity contribution is 0.742. The van der Waals surface area contributed by atoms with Crippen molar-refractivity contribution in [3.63, 3.8) is 0 Å².